The van der Waals surface area contributed by atoms with E-state index in [1.807, 2.05) is 18.2 Å². The predicted molar refractivity (Wildman–Crippen MR) is 76.7 cm³/mol. The average Bonchev–Trinajstić information content (AvgIpc) is 2.28. The Kier molecular flexibility index (Phi) is 3.81. The van der Waals surface area contributed by atoms with Crippen molar-refractivity contribution in [3.05, 3.63) is 51.2 Å². The van der Waals surface area contributed by atoms with Gasteiger partial charge in [-0.15, -0.1) is 0 Å². The van der Waals surface area contributed by atoms with Gasteiger partial charge in [0.2, 0.25) is 5.88 Å². The van der Waals surface area contributed by atoms with Crippen molar-refractivity contribution in [2.75, 3.05) is 0 Å². The SMILES string of the molecule is Cc1ccnc(Oc2cccc(I)c2)c1C(N)=O. The summed E-state index contributed by atoms with van der Waals surface area (Å²) in [7, 11) is 0. The number of benzene rings is 1. The molecule has 1 heterocycles. The number of amides is 1. The average molecular weight is 354 g/mol. The first-order valence-electron chi connectivity index (χ1n) is 5.27. The first kappa shape index (κ1) is 12.8. The van der Waals surface area contributed by atoms with Crippen molar-refractivity contribution in [3.8, 4) is 11.6 Å². The van der Waals surface area contributed by atoms with Crippen LogP contribution in [0.3, 0.4) is 0 Å². The van der Waals surface area contributed by atoms with Crippen LogP contribution in [0.4, 0.5) is 0 Å². The number of pyridine rings is 1. The molecule has 0 atom stereocenters. The minimum absolute atomic E-state index is 0.240. The lowest BCUT2D eigenvalue weighted by molar-refractivity contribution is 0.0997. The molecule has 0 unspecified atom stereocenters. The van der Waals surface area contributed by atoms with E-state index in [1.54, 1.807) is 25.3 Å². The van der Waals surface area contributed by atoms with Gasteiger partial charge in [-0.3, -0.25) is 4.79 Å². The van der Waals surface area contributed by atoms with Crippen LogP contribution >= 0.6 is 22.6 Å². The van der Waals surface area contributed by atoms with E-state index < -0.39 is 5.91 Å². The summed E-state index contributed by atoms with van der Waals surface area (Å²) >= 11 is 2.18. The van der Waals surface area contributed by atoms with E-state index >= 15 is 0 Å². The normalized spacial score (nSPS) is 10.1. The third-order valence-electron chi connectivity index (χ3n) is 2.38. The molecule has 1 aromatic heterocycles. The van der Waals surface area contributed by atoms with Crippen molar-refractivity contribution in [1.82, 2.24) is 4.98 Å². The van der Waals surface area contributed by atoms with E-state index in [4.69, 9.17) is 10.5 Å². The fraction of sp³-hybridized carbons (Fsp3) is 0.0769. The minimum atomic E-state index is -0.541. The van der Waals surface area contributed by atoms with Gasteiger partial charge in [0.15, 0.2) is 0 Å². The summed E-state index contributed by atoms with van der Waals surface area (Å²) in [5, 5.41) is 0. The van der Waals surface area contributed by atoms with Crippen molar-refractivity contribution in [3.63, 3.8) is 0 Å². The first-order valence-corrected chi connectivity index (χ1v) is 6.34. The first-order chi connectivity index (χ1) is 8.58. The van der Waals surface area contributed by atoms with Crippen LogP contribution in [0.5, 0.6) is 11.6 Å². The zero-order valence-electron chi connectivity index (χ0n) is 9.68. The molecule has 1 amide bonds. The van der Waals surface area contributed by atoms with Crippen molar-refractivity contribution in [1.29, 1.82) is 0 Å². The number of halogens is 1. The second-order valence-electron chi connectivity index (χ2n) is 3.73. The maximum Gasteiger partial charge on any atom is 0.254 e. The van der Waals surface area contributed by atoms with Gasteiger partial charge in [-0.2, -0.15) is 0 Å². The number of nitrogens with two attached hydrogens (primary N) is 1. The van der Waals surface area contributed by atoms with Crippen molar-refractivity contribution in [2.24, 2.45) is 5.73 Å². The molecule has 1 aromatic carbocycles. The molecule has 0 saturated carbocycles. The highest BCUT2D eigenvalue weighted by atomic mass is 127. The van der Waals surface area contributed by atoms with Crippen molar-refractivity contribution in [2.45, 2.75) is 6.92 Å². The molecule has 18 heavy (non-hydrogen) atoms. The van der Waals surface area contributed by atoms with Gasteiger partial charge in [0, 0.05) is 9.77 Å². The molecule has 0 aliphatic rings. The molecule has 0 spiro atoms. The van der Waals surface area contributed by atoms with Gasteiger partial charge in [-0.25, -0.2) is 4.98 Å². The highest BCUT2D eigenvalue weighted by Crippen LogP contribution is 2.25. The molecule has 0 aliphatic heterocycles. The maximum atomic E-state index is 11.4. The van der Waals surface area contributed by atoms with E-state index in [0.29, 0.717) is 11.3 Å². The number of nitrogens with zero attached hydrogens (tertiary/aromatic N) is 1. The number of aromatic nitrogens is 1. The molecule has 2 rings (SSSR count). The maximum absolute atomic E-state index is 11.4. The Hall–Kier alpha value is -1.63. The largest absolute Gasteiger partial charge is 0.438 e. The van der Waals surface area contributed by atoms with Gasteiger partial charge in [-0.05, 0) is 59.3 Å². The number of aryl methyl sites for hydroxylation is 1. The number of carbonyl (C=O) groups excluding carboxylic acids is 1. The molecular formula is C13H11IN2O2. The van der Waals surface area contributed by atoms with Gasteiger partial charge < -0.3 is 10.5 Å². The highest BCUT2D eigenvalue weighted by molar-refractivity contribution is 14.1. The van der Waals surface area contributed by atoms with Gasteiger partial charge in [-0.1, -0.05) is 6.07 Å². The molecule has 0 aliphatic carbocycles. The molecule has 92 valence electrons. The summed E-state index contributed by atoms with van der Waals surface area (Å²) in [6.07, 6.45) is 1.59. The van der Waals surface area contributed by atoms with E-state index in [2.05, 4.69) is 27.6 Å². The van der Waals surface area contributed by atoms with Crippen LogP contribution in [0.25, 0.3) is 0 Å². The second-order valence-corrected chi connectivity index (χ2v) is 4.98. The van der Waals surface area contributed by atoms with Crippen LogP contribution in [0.2, 0.25) is 0 Å². The summed E-state index contributed by atoms with van der Waals surface area (Å²) in [5.74, 6) is 0.327. The zero-order chi connectivity index (χ0) is 13.1. The monoisotopic (exact) mass is 354 g/mol. The summed E-state index contributed by atoms with van der Waals surface area (Å²) in [6, 6.07) is 9.21. The minimum Gasteiger partial charge on any atom is -0.438 e. The number of rotatable bonds is 3. The summed E-state index contributed by atoms with van der Waals surface area (Å²) < 4.78 is 6.66. The topological polar surface area (TPSA) is 65.2 Å². The third kappa shape index (κ3) is 2.79. The smallest absolute Gasteiger partial charge is 0.254 e. The standard InChI is InChI=1S/C13H11IN2O2/c1-8-5-6-16-13(11(8)12(15)17)18-10-4-2-3-9(14)7-10/h2-7H,1H3,(H2,15,17). The number of carbonyl (C=O) groups is 1. The van der Waals surface area contributed by atoms with Crippen molar-refractivity contribution >= 4 is 28.5 Å². The molecule has 0 fully saturated rings. The number of hydrogen-bond donors (Lipinski definition) is 1. The molecule has 2 aromatic rings. The lowest BCUT2D eigenvalue weighted by atomic mass is 10.1. The van der Waals surface area contributed by atoms with Crippen LogP contribution in [-0.4, -0.2) is 10.9 Å². The summed E-state index contributed by atoms with van der Waals surface area (Å²) in [6.45, 7) is 1.80. The van der Waals surface area contributed by atoms with Crippen LogP contribution in [-0.2, 0) is 0 Å². The molecule has 0 saturated heterocycles. The molecule has 0 radical (unpaired) electrons. The lowest BCUT2D eigenvalue weighted by Gasteiger charge is -2.09. The highest BCUT2D eigenvalue weighted by Gasteiger charge is 2.14. The Morgan fingerprint density at radius 3 is 2.83 bits per heavy atom. The quantitative estimate of drug-likeness (QED) is 0.862. The van der Waals surface area contributed by atoms with Gasteiger partial charge in [0.1, 0.15) is 11.3 Å². The zero-order valence-corrected chi connectivity index (χ0v) is 11.8. The second kappa shape index (κ2) is 5.34. The van der Waals surface area contributed by atoms with Gasteiger partial charge in [0.25, 0.3) is 5.91 Å². The number of ether oxygens (including phenoxy) is 1. The van der Waals surface area contributed by atoms with Crippen LogP contribution < -0.4 is 10.5 Å². The summed E-state index contributed by atoms with van der Waals surface area (Å²) in [5.41, 5.74) is 6.40. The molecule has 5 heteroatoms. The van der Waals surface area contributed by atoms with Gasteiger partial charge >= 0.3 is 0 Å². The van der Waals surface area contributed by atoms with Crippen LogP contribution in [0.1, 0.15) is 15.9 Å². The Morgan fingerprint density at radius 2 is 2.17 bits per heavy atom. The predicted octanol–water partition coefficient (Wildman–Crippen LogP) is 2.89. The Labute approximate surface area is 118 Å². The Morgan fingerprint density at radius 1 is 1.39 bits per heavy atom. The van der Waals surface area contributed by atoms with E-state index in [1.165, 1.54) is 0 Å². The molecular weight excluding hydrogens is 343 g/mol. The summed E-state index contributed by atoms with van der Waals surface area (Å²) in [4.78, 5) is 15.5. The third-order valence-corrected chi connectivity index (χ3v) is 3.05. The van der Waals surface area contributed by atoms with E-state index in [0.717, 1.165) is 9.13 Å². The number of primary amides is 1. The fourth-order valence-electron chi connectivity index (χ4n) is 1.55. The molecule has 0 bridgehead atoms. The van der Waals surface area contributed by atoms with Crippen molar-refractivity contribution < 1.29 is 9.53 Å². The van der Waals surface area contributed by atoms with Gasteiger partial charge in [0.05, 0.1) is 0 Å². The molecule has 4 nitrogen and oxygen atoms in total. The number of hydrogen-bond acceptors (Lipinski definition) is 3. The Balaban J connectivity index is 2.40. The Bertz CT molecular complexity index is 599. The van der Waals surface area contributed by atoms with Crippen LogP contribution in [0, 0.1) is 10.5 Å². The van der Waals surface area contributed by atoms with E-state index in [-0.39, 0.29) is 5.88 Å². The lowest BCUT2D eigenvalue weighted by Crippen LogP contribution is -2.14. The van der Waals surface area contributed by atoms with E-state index in [9.17, 15) is 4.79 Å². The molecule has 2 N–H and O–H groups in total. The van der Waals surface area contributed by atoms with Crippen LogP contribution in [0.15, 0.2) is 36.5 Å². The fourth-order valence-corrected chi connectivity index (χ4v) is 2.07.